The molecule has 0 fully saturated rings. The number of aryl methyl sites for hydroxylation is 1. The normalized spacial score (nSPS) is 11.1. The van der Waals surface area contributed by atoms with Crippen LogP contribution in [0.2, 0.25) is 0 Å². The Hall–Kier alpha value is -3.80. The SMILES string of the molecule is COc1ccc(CCNC(=O)/C(=C\c2ccc(C)cc2)n2ccccc2=O)cc1OC. The molecule has 3 aromatic rings. The first-order valence-corrected chi connectivity index (χ1v) is 9.97. The lowest BCUT2D eigenvalue weighted by molar-refractivity contribution is -0.115. The molecule has 0 atom stereocenters. The van der Waals surface area contributed by atoms with Gasteiger partial charge in [0.25, 0.3) is 11.5 Å². The summed E-state index contributed by atoms with van der Waals surface area (Å²) in [6.45, 7) is 2.40. The highest BCUT2D eigenvalue weighted by molar-refractivity contribution is 6.18. The maximum Gasteiger partial charge on any atom is 0.268 e. The van der Waals surface area contributed by atoms with Crippen molar-refractivity contribution in [1.29, 1.82) is 0 Å². The second kappa shape index (κ2) is 10.3. The van der Waals surface area contributed by atoms with Gasteiger partial charge in [0.1, 0.15) is 5.70 Å². The van der Waals surface area contributed by atoms with E-state index in [1.165, 1.54) is 10.6 Å². The topological polar surface area (TPSA) is 69.6 Å². The van der Waals surface area contributed by atoms with Crippen molar-refractivity contribution in [2.45, 2.75) is 13.3 Å². The largest absolute Gasteiger partial charge is 0.493 e. The first kappa shape index (κ1) is 21.9. The maximum atomic E-state index is 13.0. The Kier molecular flexibility index (Phi) is 7.27. The molecule has 2 aromatic carbocycles. The van der Waals surface area contributed by atoms with Crippen LogP contribution >= 0.6 is 0 Å². The number of methoxy groups -OCH3 is 2. The summed E-state index contributed by atoms with van der Waals surface area (Å²) in [6.07, 6.45) is 3.91. The van der Waals surface area contributed by atoms with Crippen LogP contribution in [0.25, 0.3) is 11.8 Å². The molecule has 0 saturated heterocycles. The van der Waals surface area contributed by atoms with E-state index in [4.69, 9.17) is 9.47 Å². The smallest absolute Gasteiger partial charge is 0.268 e. The van der Waals surface area contributed by atoms with Crippen molar-refractivity contribution < 1.29 is 14.3 Å². The summed E-state index contributed by atoms with van der Waals surface area (Å²) in [7, 11) is 3.17. The van der Waals surface area contributed by atoms with Gasteiger partial charge >= 0.3 is 0 Å². The van der Waals surface area contributed by atoms with Crippen molar-refractivity contribution in [3.8, 4) is 11.5 Å². The predicted octanol–water partition coefficient (Wildman–Crippen LogP) is 3.53. The van der Waals surface area contributed by atoms with E-state index in [-0.39, 0.29) is 17.2 Å². The highest BCUT2D eigenvalue weighted by atomic mass is 16.5. The molecule has 0 aliphatic heterocycles. The molecule has 0 unspecified atom stereocenters. The van der Waals surface area contributed by atoms with Crippen LogP contribution in [0, 0.1) is 6.92 Å². The van der Waals surface area contributed by atoms with Crippen LogP contribution < -0.4 is 20.3 Å². The first-order chi connectivity index (χ1) is 15.0. The van der Waals surface area contributed by atoms with Crippen LogP contribution in [-0.2, 0) is 11.2 Å². The summed E-state index contributed by atoms with van der Waals surface area (Å²) < 4.78 is 11.9. The summed E-state index contributed by atoms with van der Waals surface area (Å²) in [4.78, 5) is 25.3. The van der Waals surface area contributed by atoms with Gasteiger partial charge in [-0.25, -0.2) is 0 Å². The van der Waals surface area contributed by atoms with E-state index in [1.807, 2.05) is 49.4 Å². The third-order valence-corrected chi connectivity index (χ3v) is 4.84. The van der Waals surface area contributed by atoms with Crippen molar-refractivity contribution in [3.05, 3.63) is 93.9 Å². The molecule has 0 bridgehead atoms. The molecule has 1 amide bonds. The van der Waals surface area contributed by atoms with Crippen LogP contribution in [0.1, 0.15) is 16.7 Å². The third-order valence-electron chi connectivity index (χ3n) is 4.84. The molecule has 160 valence electrons. The fraction of sp³-hybridized carbons (Fsp3) is 0.200. The molecule has 1 heterocycles. The van der Waals surface area contributed by atoms with Crippen LogP contribution in [0.3, 0.4) is 0 Å². The number of nitrogens with zero attached hydrogens (tertiary/aromatic N) is 1. The second-order valence-electron chi connectivity index (χ2n) is 7.04. The standard InChI is InChI=1S/C25H26N2O4/c1-18-7-9-19(10-8-18)16-21(27-15-5-4-6-24(27)28)25(29)26-14-13-20-11-12-22(30-2)23(17-20)31-3/h4-12,15-17H,13-14H2,1-3H3,(H,26,29)/b21-16+. The van der Waals surface area contributed by atoms with E-state index < -0.39 is 0 Å². The van der Waals surface area contributed by atoms with Gasteiger partial charge in [-0.2, -0.15) is 0 Å². The second-order valence-corrected chi connectivity index (χ2v) is 7.04. The Morgan fingerprint density at radius 1 is 1.00 bits per heavy atom. The number of rotatable bonds is 8. The van der Waals surface area contributed by atoms with Gasteiger partial charge in [-0.1, -0.05) is 42.0 Å². The average Bonchev–Trinajstić information content (AvgIpc) is 2.79. The third kappa shape index (κ3) is 5.63. The number of hydrogen-bond acceptors (Lipinski definition) is 4. The monoisotopic (exact) mass is 418 g/mol. The zero-order valence-electron chi connectivity index (χ0n) is 17.9. The predicted molar refractivity (Wildman–Crippen MR) is 122 cm³/mol. The Bertz CT molecular complexity index is 1130. The minimum atomic E-state index is -0.325. The molecular formula is C25H26N2O4. The Balaban J connectivity index is 1.78. The molecule has 6 nitrogen and oxygen atoms in total. The highest BCUT2D eigenvalue weighted by Gasteiger charge is 2.13. The average molecular weight is 418 g/mol. The van der Waals surface area contributed by atoms with Gasteiger partial charge in [0, 0.05) is 18.8 Å². The lowest BCUT2D eigenvalue weighted by Crippen LogP contribution is -2.32. The summed E-state index contributed by atoms with van der Waals surface area (Å²) in [5.41, 5.74) is 2.96. The van der Waals surface area contributed by atoms with E-state index >= 15 is 0 Å². The van der Waals surface area contributed by atoms with E-state index in [9.17, 15) is 9.59 Å². The van der Waals surface area contributed by atoms with E-state index in [2.05, 4.69) is 5.32 Å². The minimum absolute atomic E-state index is 0.266. The Morgan fingerprint density at radius 3 is 2.42 bits per heavy atom. The van der Waals surface area contributed by atoms with Gasteiger partial charge in [0.2, 0.25) is 0 Å². The molecule has 0 spiro atoms. The van der Waals surface area contributed by atoms with Crippen LogP contribution in [0.5, 0.6) is 11.5 Å². The fourth-order valence-corrected chi connectivity index (χ4v) is 3.14. The van der Waals surface area contributed by atoms with Crippen molar-refractivity contribution in [2.75, 3.05) is 20.8 Å². The van der Waals surface area contributed by atoms with Crippen molar-refractivity contribution in [2.24, 2.45) is 0 Å². The lowest BCUT2D eigenvalue weighted by Gasteiger charge is -2.13. The number of aromatic nitrogens is 1. The van der Waals surface area contributed by atoms with Gasteiger partial charge in [-0.05, 0) is 48.7 Å². The lowest BCUT2D eigenvalue weighted by atomic mass is 10.1. The number of benzene rings is 2. The Morgan fingerprint density at radius 2 is 1.74 bits per heavy atom. The van der Waals surface area contributed by atoms with Crippen LogP contribution in [0.15, 0.2) is 71.7 Å². The summed E-state index contributed by atoms with van der Waals surface area (Å²) in [5.74, 6) is 0.971. The van der Waals surface area contributed by atoms with E-state index in [0.29, 0.717) is 24.5 Å². The van der Waals surface area contributed by atoms with Crippen molar-refractivity contribution >= 4 is 17.7 Å². The van der Waals surface area contributed by atoms with E-state index in [0.717, 1.165) is 16.7 Å². The molecular weight excluding hydrogens is 392 g/mol. The van der Waals surface area contributed by atoms with Gasteiger partial charge in [-0.15, -0.1) is 0 Å². The van der Waals surface area contributed by atoms with Crippen molar-refractivity contribution in [3.63, 3.8) is 0 Å². The van der Waals surface area contributed by atoms with Crippen LogP contribution in [-0.4, -0.2) is 31.2 Å². The zero-order chi connectivity index (χ0) is 22.2. The molecule has 0 radical (unpaired) electrons. The molecule has 0 aliphatic rings. The molecule has 1 aromatic heterocycles. The number of nitrogens with one attached hydrogen (secondary N) is 1. The molecule has 6 heteroatoms. The van der Waals surface area contributed by atoms with Gasteiger partial charge in [0.05, 0.1) is 14.2 Å². The highest BCUT2D eigenvalue weighted by Crippen LogP contribution is 2.27. The first-order valence-electron chi connectivity index (χ1n) is 9.97. The summed E-state index contributed by atoms with van der Waals surface area (Å²) in [5, 5.41) is 2.92. The fourth-order valence-electron chi connectivity index (χ4n) is 3.14. The molecule has 3 rings (SSSR count). The number of ether oxygens (including phenoxy) is 2. The van der Waals surface area contributed by atoms with Gasteiger partial charge in [-0.3, -0.25) is 14.2 Å². The number of pyridine rings is 1. The maximum absolute atomic E-state index is 13.0. The summed E-state index contributed by atoms with van der Waals surface area (Å²) >= 11 is 0. The number of carbonyl (C=O) groups is 1. The van der Waals surface area contributed by atoms with E-state index in [1.54, 1.807) is 38.6 Å². The molecule has 31 heavy (non-hydrogen) atoms. The molecule has 0 saturated carbocycles. The van der Waals surface area contributed by atoms with Crippen molar-refractivity contribution in [1.82, 2.24) is 9.88 Å². The quantitative estimate of drug-likeness (QED) is 0.568. The molecule has 0 aliphatic carbocycles. The van der Waals surface area contributed by atoms with Gasteiger partial charge in [0.15, 0.2) is 11.5 Å². The number of carbonyl (C=O) groups excluding carboxylic acids is 1. The summed E-state index contributed by atoms with van der Waals surface area (Å²) in [6, 6.07) is 18.2. The number of hydrogen-bond donors (Lipinski definition) is 1. The Labute approximate surface area is 181 Å². The number of amides is 1. The van der Waals surface area contributed by atoms with Gasteiger partial charge < -0.3 is 14.8 Å². The minimum Gasteiger partial charge on any atom is -0.493 e. The molecule has 1 N–H and O–H groups in total. The zero-order valence-corrected chi connectivity index (χ0v) is 17.9. The van der Waals surface area contributed by atoms with Crippen LogP contribution in [0.4, 0.5) is 0 Å².